The number of fused-ring (bicyclic) bond motifs is 1. The van der Waals surface area contributed by atoms with E-state index in [9.17, 15) is 8.42 Å². The van der Waals surface area contributed by atoms with Crippen LogP contribution in [0.4, 0.5) is 5.82 Å². The smallest absolute Gasteiger partial charge is 0.269 e. The normalized spacial score (nSPS) is 17.9. The molecule has 7 nitrogen and oxygen atoms in total. The molecule has 1 aliphatic rings. The maximum Gasteiger partial charge on any atom is 0.269 e. The first-order chi connectivity index (χ1) is 13.0. The molecule has 1 atom stereocenters. The number of benzene rings is 1. The number of hydrogen-bond acceptors (Lipinski definition) is 6. The Morgan fingerprint density at radius 3 is 2.67 bits per heavy atom. The van der Waals surface area contributed by atoms with E-state index >= 15 is 0 Å². The molecule has 1 N–H and O–H groups in total. The average Bonchev–Trinajstić information content (AvgIpc) is 3.13. The van der Waals surface area contributed by atoms with E-state index in [4.69, 9.17) is 0 Å². The van der Waals surface area contributed by atoms with Gasteiger partial charge in [-0.3, -0.25) is 0 Å². The van der Waals surface area contributed by atoms with Gasteiger partial charge in [0.1, 0.15) is 12.1 Å². The number of aryl methyl sites for hydroxylation is 1. The number of aromatic nitrogens is 3. The Hall–Kier alpha value is -2.45. The van der Waals surface area contributed by atoms with Crippen LogP contribution in [0.3, 0.4) is 0 Å². The molecule has 0 bridgehead atoms. The molecule has 3 heterocycles. The molecule has 8 heteroatoms. The van der Waals surface area contributed by atoms with Crippen molar-refractivity contribution in [3.05, 3.63) is 48.4 Å². The van der Waals surface area contributed by atoms with Crippen LogP contribution in [0.1, 0.15) is 18.4 Å². The minimum Gasteiger partial charge on any atom is -0.355 e. The molecule has 0 spiro atoms. The summed E-state index contributed by atoms with van der Waals surface area (Å²) in [6, 6.07) is 8.94. The van der Waals surface area contributed by atoms with Crippen molar-refractivity contribution < 1.29 is 8.42 Å². The van der Waals surface area contributed by atoms with Gasteiger partial charge in [-0.25, -0.2) is 22.4 Å². The van der Waals surface area contributed by atoms with Crippen LogP contribution in [0.25, 0.3) is 11.0 Å². The molecule has 1 unspecified atom stereocenters. The lowest BCUT2D eigenvalue weighted by atomic mass is 10.1. The zero-order chi connectivity index (χ0) is 19.0. The van der Waals surface area contributed by atoms with Crippen LogP contribution in [0.5, 0.6) is 0 Å². The summed E-state index contributed by atoms with van der Waals surface area (Å²) in [5.41, 5.74) is 1.41. The summed E-state index contributed by atoms with van der Waals surface area (Å²) < 4.78 is 27.4. The van der Waals surface area contributed by atoms with Crippen molar-refractivity contribution in [2.24, 2.45) is 0 Å². The zero-order valence-corrected chi connectivity index (χ0v) is 16.3. The Morgan fingerprint density at radius 1 is 1.19 bits per heavy atom. The van der Waals surface area contributed by atoms with Gasteiger partial charge in [0, 0.05) is 25.8 Å². The quantitative estimate of drug-likeness (QED) is 0.741. The first kappa shape index (κ1) is 17.9. The lowest BCUT2D eigenvalue weighted by Crippen LogP contribution is -2.44. The first-order valence-corrected chi connectivity index (χ1v) is 10.5. The fourth-order valence-electron chi connectivity index (χ4n) is 3.55. The van der Waals surface area contributed by atoms with Gasteiger partial charge in [0.05, 0.1) is 10.3 Å². The van der Waals surface area contributed by atoms with E-state index in [2.05, 4.69) is 20.2 Å². The summed E-state index contributed by atoms with van der Waals surface area (Å²) in [6.07, 6.45) is 5.19. The zero-order valence-electron chi connectivity index (χ0n) is 15.5. The highest BCUT2D eigenvalue weighted by atomic mass is 32.2. The van der Waals surface area contributed by atoms with Crippen LogP contribution < -0.4 is 10.2 Å². The van der Waals surface area contributed by atoms with Crippen molar-refractivity contribution in [1.29, 1.82) is 0 Å². The summed E-state index contributed by atoms with van der Waals surface area (Å²) in [6.45, 7) is 3.86. The minimum atomic E-state index is -3.71. The largest absolute Gasteiger partial charge is 0.355 e. The molecule has 2 aromatic heterocycles. The molecule has 0 saturated carbocycles. The molecule has 4 rings (SSSR count). The number of likely N-dealkylation sites (N-methyl/N-ethyl adjacent to an activating group) is 1. The summed E-state index contributed by atoms with van der Waals surface area (Å²) in [4.78, 5) is 11.1. The lowest BCUT2D eigenvalue weighted by Gasteiger charge is -2.32. The van der Waals surface area contributed by atoms with E-state index < -0.39 is 10.0 Å². The standard InChI is InChI=1S/C19H23N5O2S/c1-14-5-7-16(8-6-14)27(25,26)24-11-9-17-18(21-13-22-19(17)24)23(2)15-4-3-10-20-12-15/h5-9,11,13,15,20H,3-4,10,12H2,1-2H3. The predicted octanol–water partition coefficient (Wildman–Crippen LogP) is 2.16. The fourth-order valence-corrected chi connectivity index (χ4v) is 4.85. The summed E-state index contributed by atoms with van der Waals surface area (Å²) in [7, 11) is -1.71. The molecule has 1 fully saturated rings. The van der Waals surface area contributed by atoms with Crippen molar-refractivity contribution in [3.8, 4) is 0 Å². The van der Waals surface area contributed by atoms with E-state index in [0.717, 1.165) is 42.7 Å². The summed E-state index contributed by atoms with van der Waals surface area (Å²) in [5, 5.41) is 4.14. The average molecular weight is 385 g/mol. The van der Waals surface area contributed by atoms with Gasteiger partial charge in [-0.2, -0.15) is 0 Å². The molecule has 27 heavy (non-hydrogen) atoms. The number of rotatable bonds is 4. The maximum atomic E-state index is 13.1. The number of hydrogen-bond donors (Lipinski definition) is 1. The topological polar surface area (TPSA) is 80.1 Å². The summed E-state index contributed by atoms with van der Waals surface area (Å²) in [5.74, 6) is 0.756. The van der Waals surface area contributed by atoms with Crippen LogP contribution in [-0.4, -0.2) is 48.5 Å². The molecule has 0 aliphatic carbocycles. The van der Waals surface area contributed by atoms with Gasteiger partial charge in [-0.1, -0.05) is 17.7 Å². The van der Waals surface area contributed by atoms with Crippen molar-refractivity contribution in [1.82, 2.24) is 19.3 Å². The van der Waals surface area contributed by atoms with E-state index in [1.807, 2.05) is 14.0 Å². The Labute approximate surface area is 159 Å². The third kappa shape index (κ3) is 3.19. The van der Waals surface area contributed by atoms with Gasteiger partial charge in [0.2, 0.25) is 0 Å². The second kappa shape index (κ2) is 6.94. The van der Waals surface area contributed by atoms with Crippen LogP contribution >= 0.6 is 0 Å². The van der Waals surface area contributed by atoms with Crippen LogP contribution in [0.2, 0.25) is 0 Å². The third-order valence-electron chi connectivity index (χ3n) is 5.16. The third-order valence-corrected chi connectivity index (χ3v) is 6.84. The maximum absolute atomic E-state index is 13.1. The molecule has 0 radical (unpaired) electrons. The molecule has 3 aromatic rings. The lowest BCUT2D eigenvalue weighted by molar-refractivity contribution is 0.444. The fraction of sp³-hybridized carbons (Fsp3) is 0.368. The molecule has 1 aliphatic heterocycles. The highest BCUT2D eigenvalue weighted by Gasteiger charge is 2.24. The van der Waals surface area contributed by atoms with E-state index in [-0.39, 0.29) is 4.90 Å². The second-order valence-electron chi connectivity index (χ2n) is 6.98. The Morgan fingerprint density at radius 2 is 1.96 bits per heavy atom. The van der Waals surface area contributed by atoms with E-state index in [1.165, 1.54) is 10.3 Å². The van der Waals surface area contributed by atoms with Gasteiger partial charge >= 0.3 is 0 Å². The van der Waals surface area contributed by atoms with Crippen molar-refractivity contribution in [2.75, 3.05) is 25.0 Å². The van der Waals surface area contributed by atoms with Crippen LogP contribution in [0, 0.1) is 6.92 Å². The van der Waals surface area contributed by atoms with E-state index in [1.54, 1.807) is 36.5 Å². The van der Waals surface area contributed by atoms with Crippen molar-refractivity contribution in [2.45, 2.75) is 30.7 Å². The van der Waals surface area contributed by atoms with Crippen molar-refractivity contribution in [3.63, 3.8) is 0 Å². The first-order valence-electron chi connectivity index (χ1n) is 9.06. The highest BCUT2D eigenvalue weighted by molar-refractivity contribution is 7.90. The number of nitrogens with one attached hydrogen (secondary N) is 1. The molecule has 142 valence electrons. The monoisotopic (exact) mass is 385 g/mol. The van der Waals surface area contributed by atoms with Crippen LogP contribution in [-0.2, 0) is 10.0 Å². The minimum absolute atomic E-state index is 0.246. The van der Waals surface area contributed by atoms with E-state index in [0.29, 0.717) is 11.7 Å². The van der Waals surface area contributed by atoms with Gasteiger partial charge < -0.3 is 10.2 Å². The van der Waals surface area contributed by atoms with Crippen LogP contribution in [0.15, 0.2) is 47.8 Å². The summed E-state index contributed by atoms with van der Waals surface area (Å²) >= 11 is 0. The Bertz CT molecular complexity index is 1050. The van der Waals surface area contributed by atoms with Gasteiger partial charge in [-0.15, -0.1) is 0 Å². The molecule has 1 aromatic carbocycles. The molecule has 1 saturated heterocycles. The SMILES string of the molecule is Cc1ccc(S(=O)(=O)n2ccc3c(N(C)C4CCCNC4)ncnc32)cc1. The Balaban J connectivity index is 1.77. The number of piperidine rings is 1. The Kier molecular flexibility index (Phi) is 4.61. The van der Waals surface area contributed by atoms with Gasteiger partial charge in [-0.05, 0) is 44.5 Å². The van der Waals surface area contributed by atoms with Crippen molar-refractivity contribution >= 4 is 26.9 Å². The van der Waals surface area contributed by atoms with Gasteiger partial charge in [0.25, 0.3) is 10.0 Å². The number of anilines is 1. The molecular weight excluding hydrogens is 362 g/mol. The molecule has 0 amide bonds. The second-order valence-corrected chi connectivity index (χ2v) is 8.79. The van der Waals surface area contributed by atoms with Gasteiger partial charge in [0.15, 0.2) is 5.65 Å². The predicted molar refractivity (Wildman–Crippen MR) is 106 cm³/mol. The highest BCUT2D eigenvalue weighted by Crippen LogP contribution is 2.28. The molecular formula is C19H23N5O2S. The number of nitrogens with zero attached hydrogens (tertiary/aromatic N) is 4.